The second-order valence-corrected chi connectivity index (χ2v) is 8.73. The summed E-state index contributed by atoms with van der Waals surface area (Å²) in [6, 6.07) is 5.22. The molecule has 0 spiro atoms. The first-order chi connectivity index (χ1) is 15.8. The molecule has 33 heavy (non-hydrogen) atoms. The molecule has 5 nitrogen and oxygen atoms in total. The van der Waals surface area contributed by atoms with Gasteiger partial charge >= 0.3 is 0 Å². The molecule has 1 N–H and O–H groups in total. The Morgan fingerprint density at radius 1 is 1.09 bits per heavy atom. The number of hydrogen-bond donors (Lipinski definition) is 1. The Balaban J connectivity index is 1.95. The summed E-state index contributed by atoms with van der Waals surface area (Å²) in [7, 11) is 3.27. The summed E-state index contributed by atoms with van der Waals surface area (Å²) in [6.45, 7) is 4.13. The molecule has 1 atom stereocenters. The average Bonchev–Trinajstić information content (AvgIpc) is 3.15. The summed E-state index contributed by atoms with van der Waals surface area (Å²) in [4.78, 5) is 9.17. The summed E-state index contributed by atoms with van der Waals surface area (Å²) in [5.74, 6) is -0.680. The molecule has 0 saturated heterocycles. The number of aromatic nitrogens is 2. The van der Waals surface area contributed by atoms with Crippen molar-refractivity contribution in [2.45, 2.75) is 57.9 Å². The van der Waals surface area contributed by atoms with Crippen molar-refractivity contribution in [2.75, 3.05) is 19.5 Å². The molecule has 1 aromatic carbocycles. The van der Waals surface area contributed by atoms with E-state index in [2.05, 4.69) is 24.1 Å². The van der Waals surface area contributed by atoms with Crippen LogP contribution in [-0.4, -0.2) is 36.2 Å². The Morgan fingerprint density at radius 2 is 1.76 bits per heavy atom. The van der Waals surface area contributed by atoms with Crippen LogP contribution in [0.3, 0.4) is 0 Å². The molecule has 1 aliphatic rings. The van der Waals surface area contributed by atoms with E-state index in [1.165, 1.54) is 0 Å². The number of benzene rings is 1. The summed E-state index contributed by atoms with van der Waals surface area (Å²) >= 11 is 6.16. The molecule has 1 fully saturated rings. The normalized spacial score (nSPS) is 17.4. The Kier molecular flexibility index (Phi) is 6.61. The van der Waals surface area contributed by atoms with Crippen LogP contribution in [0.1, 0.15) is 44.2 Å². The number of hydrogen-bond acceptors (Lipinski definition) is 5. The van der Waals surface area contributed by atoms with Crippen LogP contribution in [0.5, 0.6) is 11.5 Å². The minimum absolute atomic E-state index is 0.127. The average molecular weight is 476 g/mol. The second kappa shape index (κ2) is 9.29. The van der Waals surface area contributed by atoms with Crippen molar-refractivity contribution in [3.05, 3.63) is 40.7 Å². The minimum atomic E-state index is -2.66. The summed E-state index contributed by atoms with van der Waals surface area (Å²) in [5, 5.41) is 5.16. The summed E-state index contributed by atoms with van der Waals surface area (Å²) in [5.41, 5.74) is 3.68. The predicted octanol–water partition coefficient (Wildman–Crippen LogP) is 6.69. The molecule has 2 aromatic heterocycles. The first-order valence-electron chi connectivity index (χ1n) is 11.2. The van der Waals surface area contributed by atoms with Crippen LogP contribution in [0.15, 0.2) is 24.4 Å². The Bertz CT molecular complexity index is 1160. The zero-order valence-electron chi connectivity index (χ0n) is 19.3. The van der Waals surface area contributed by atoms with Crippen LogP contribution < -0.4 is 14.8 Å². The van der Waals surface area contributed by atoms with Crippen LogP contribution in [0.25, 0.3) is 22.0 Å². The van der Waals surface area contributed by atoms with Crippen molar-refractivity contribution in [3.63, 3.8) is 0 Å². The molecule has 8 heteroatoms. The molecule has 3 aromatic rings. The van der Waals surface area contributed by atoms with Gasteiger partial charge in [0.15, 0.2) is 0 Å². The van der Waals surface area contributed by atoms with E-state index in [1.54, 1.807) is 26.5 Å². The number of nitrogens with zero attached hydrogens (tertiary/aromatic N) is 2. The number of ether oxygens (including phenoxy) is 2. The van der Waals surface area contributed by atoms with Crippen molar-refractivity contribution in [3.8, 4) is 22.8 Å². The summed E-state index contributed by atoms with van der Waals surface area (Å²) in [6.07, 6.45) is 3.18. The molecular formula is C25H28ClF2N3O2. The van der Waals surface area contributed by atoms with Gasteiger partial charge < -0.3 is 14.8 Å². The van der Waals surface area contributed by atoms with Gasteiger partial charge in [-0.05, 0) is 31.4 Å². The smallest absolute Gasteiger partial charge is 0.250 e. The fourth-order valence-corrected chi connectivity index (χ4v) is 4.88. The quantitative estimate of drug-likeness (QED) is 0.386. The number of rotatable bonds is 7. The zero-order chi connectivity index (χ0) is 23.8. The predicted molar refractivity (Wildman–Crippen MR) is 128 cm³/mol. The van der Waals surface area contributed by atoms with Gasteiger partial charge in [-0.1, -0.05) is 25.4 Å². The van der Waals surface area contributed by atoms with Gasteiger partial charge in [-0.25, -0.2) is 18.7 Å². The SMILES string of the molecule is CCc1c(OC)cc(OC)c(CC)c1-c1cc2cnc(Cl)cc2c(NC2CCC(F)(F)C2)n1. The third kappa shape index (κ3) is 4.56. The standard InChI is InChI=1S/C25H28ClF2N3O2/c1-5-16-20(32-3)11-21(33-4)17(6-2)23(16)19-9-14-13-29-22(26)10-18(14)24(31-19)30-15-7-8-25(27,28)12-15/h9-11,13,15H,5-8,12H2,1-4H3,(H,30,31). The van der Waals surface area contributed by atoms with Crippen molar-refractivity contribution in [2.24, 2.45) is 0 Å². The maximum Gasteiger partial charge on any atom is 0.250 e. The first-order valence-corrected chi connectivity index (χ1v) is 11.6. The molecule has 176 valence electrons. The monoisotopic (exact) mass is 475 g/mol. The first kappa shape index (κ1) is 23.5. The number of pyridine rings is 2. The van der Waals surface area contributed by atoms with Gasteiger partial charge in [0.05, 0.1) is 19.9 Å². The lowest BCUT2D eigenvalue weighted by molar-refractivity contribution is 0.00852. The highest BCUT2D eigenvalue weighted by molar-refractivity contribution is 6.30. The number of fused-ring (bicyclic) bond motifs is 1. The zero-order valence-corrected chi connectivity index (χ0v) is 20.0. The molecule has 0 aliphatic heterocycles. The van der Waals surface area contributed by atoms with E-state index in [0.717, 1.165) is 51.8 Å². The van der Waals surface area contributed by atoms with Crippen LogP contribution in [0.2, 0.25) is 5.15 Å². The molecule has 1 aliphatic carbocycles. The number of alkyl halides is 2. The molecule has 0 amide bonds. The van der Waals surface area contributed by atoms with Gasteiger partial charge in [0.25, 0.3) is 0 Å². The molecule has 1 saturated carbocycles. The van der Waals surface area contributed by atoms with E-state index >= 15 is 0 Å². The molecular weight excluding hydrogens is 448 g/mol. The van der Waals surface area contributed by atoms with Crippen LogP contribution in [0, 0.1) is 0 Å². The largest absolute Gasteiger partial charge is 0.496 e. The van der Waals surface area contributed by atoms with Gasteiger partial charge in [-0.15, -0.1) is 0 Å². The number of nitrogens with one attached hydrogen (secondary N) is 1. The molecule has 4 rings (SSSR count). The lowest BCUT2D eigenvalue weighted by Crippen LogP contribution is -2.20. The molecule has 1 unspecified atom stereocenters. The van der Waals surface area contributed by atoms with Crippen molar-refractivity contribution in [1.29, 1.82) is 0 Å². The van der Waals surface area contributed by atoms with E-state index in [9.17, 15) is 8.78 Å². The third-order valence-electron chi connectivity index (χ3n) is 6.29. The molecule has 0 bridgehead atoms. The maximum atomic E-state index is 13.9. The molecule has 0 radical (unpaired) electrons. The van der Waals surface area contributed by atoms with Crippen LogP contribution in [0.4, 0.5) is 14.6 Å². The van der Waals surface area contributed by atoms with Gasteiger partial charge in [0.2, 0.25) is 5.92 Å². The van der Waals surface area contributed by atoms with E-state index in [-0.39, 0.29) is 18.9 Å². The van der Waals surface area contributed by atoms with Crippen molar-refractivity contribution >= 4 is 28.2 Å². The van der Waals surface area contributed by atoms with Crippen LogP contribution in [-0.2, 0) is 12.8 Å². The van der Waals surface area contributed by atoms with E-state index in [0.29, 0.717) is 23.1 Å². The van der Waals surface area contributed by atoms with E-state index in [1.807, 2.05) is 12.1 Å². The van der Waals surface area contributed by atoms with E-state index in [4.69, 9.17) is 26.1 Å². The van der Waals surface area contributed by atoms with Crippen molar-refractivity contribution in [1.82, 2.24) is 9.97 Å². The maximum absolute atomic E-state index is 13.9. The van der Waals surface area contributed by atoms with Crippen LogP contribution >= 0.6 is 11.6 Å². The molecule has 2 heterocycles. The van der Waals surface area contributed by atoms with Gasteiger partial charge in [0, 0.05) is 58.6 Å². The topological polar surface area (TPSA) is 56.3 Å². The Hall–Kier alpha value is -2.67. The Labute approximate surface area is 197 Å². The number of halogens is 3. The third-order valence-corrected chi connectivity index (χ3v) is 6.50. The highest BCUT2D eigenvalue weighted by atomic mass is 35.5. The fraction of sp³-hybridized carbons (Fsp3) is 0.440. The van der Waals surface area contributed by atoms with Gasteiger partial charge in [-0.2, -0.15) is 0 Å². The van der Waals surface area contributed by atoms with Gasteiger partial charge in [-0.3, -0.25) is 0 Å². The lowest BCUT2D eigenvalue weighted by Gasteiger charge is -2.21. The van der Waals surface area contributed by atoms with E-state index < -0.39 is 5.92 Å². The fourth-order valence-electron chi connectivity index (χ4n) is 4.72. The highest BCUT2D eigenvalue weighted by Crippen LogP contribution is 2.42. The Morgan fingerprint density at radius 3 is 2.30 bits per heavy atom. The lowest BCUT2D eigenvalue weighted by atomic mass is 9.92. The highest BCUT2D eigenvalue weighted by Gasteiger charge is 2.39. The summed E-state index contributed by atoms with van der Waals surface area (Å²) < 4.78 is 39.1. The second-order valence-electron chi connectivity index (χ2n) is 8.34. The van der Waals surface area contributed by atoms with Gasteiger partial charge in [0.1, 0.15) is 22.5 Å². The number of methoxy groups -OCH3 is 2. The number of anilines is 1. The van der Waals surface area contributed by atoms with Crippen molar-refractivity contribution < 1.29 is 18.3 Å². The minimum Gasteiger partial charge on any atom is -0.496 e.